The first-order valence-electron chi connectivity index (χ1n) is 4.25. The number of fused-ring (bicyclic) bond motifs is 1. The van der Waals surface area contributed by atoms with E-state index in [-0.39, 0.29) is 0 Å². The zero-order valence-corrected chi connectivity index (χ0v) is 8.15. The van der Waals surface area contributed by atoms with E-state index in [1.54, 1.807) is 6.33 Å². The number of alkyl halides is 1. The summed E-state index contributed by atoms with van der Waals surface area (Å²) in [7, 11) is 0. The maximum Gasteiger partial charge on any atom is 0.138 e. The van der Waals surface area contributed by atoms with Gasteiger partial charge in [0.15, 0.2) is 0 Å². The van der Waals surface area contributed by atoms with Crippen molar-refractivity contribution in [1.82, 2.24) is 9.55 Å². The first-order valence-corrected chi connectivity index (χ1v) is 4.68. The molecule has 1 heterocycles. The van der Waals surface area contributed by atoms with E-state index < -0.39 is 5.38 Å². The quantitative estimate of drug-likeness (QED) is 0.706. The first-order chi connectivity index (χ1) is 6.81. The summed E-state index contributed by atoms with van der Waals surface area (Å²) < 4.78 is 1.89. The monoisotopic (exact) mass is 205 g/mol. The van der Waals surface area contributed by atoms with Crippen LogP contribution in [0.4, 0.5) is 0 Å². The standard InChI is InChI=1S/C10H8ClN3/c11-8(5-12)6-14-7-13-9-3-1-2-4-10(9)14/h1-4,7-8H,6H2. The van der Waals surface area contributed by atoms with Gasteiger partial charge in [-0.1, -0.05) is 12.1 Å². The maximum atomic E-state index is 8.59. The van der Waals surface area contributed by atoms with Crippen molar-refractivity contribution < 1.29 is 0 Å². The van der Waals surface area contributed by atoms with Gasteiger partial charge in [-0.05, 0) is 12.1 Å². The summed E-state index contributed by atoms with van der Waals surface area (Å²) in [4.78, 5) is 4.20. The topological polar surface area (TPSA) is 41.6 Å². The van der Waals surface area contributed by atoms with Crippen LogP contribution in [0.15, 0.2) is 30.6 Å². The Kier molecular flexibility index (Phi) is 2.38. The highest BCUT2D eigenvalue weighted by atomic mass is 35.5. The summed E-state index contributed by atoms with van der Waals surface area (Å²) >= 11 is 5.75. The van der Waals surface area contributed by atoms with Gasteiger partial charge in [0, 0.05) is 0 Å². The summed E-state index contributed by atoms with van der Waals surface area (Å²) in [5, 5.41) is 8.08. The number of imidazole rings is 1. The Balaban J connectivity index is 2.39. The van der Waals surface area contributed by atoms with Crippen LogP contribution < -0.4 is 0 Å². The Labute approximate surface area is 86.5 Å². The van der Waals surface area contributed by atoms with Gasteiger partial charge in [-0.3, -0.25) is 0 Å². The Bertz CT molecular complexity index is 483. The Hall–Kier alpha value is -1.53. The fourth-order valence-electron chi connectivity index (χ4n) is 1.37. The average Bonchev–Trinajstić information content (AvgIpc) is 2.62. The van der Waals surface area contributed by atoms with Gasteiger partial charge in [0.05, 0.1) is 30.0 Å². The van der Waals surface area contributed by atoms with Crippen LogP contribution in [0.5, 0.6) is 0 Å². The summed E-state index contributed by atoms with van der Waals surface area (Å²) in [5.74, 6) is 0. The predicted octanol–water partition coefficient (Wildman–Crippen LogP) is 2.17. The minimum absolute atomic E-state index is 0.471. The minimum Gasteiger partial charge on any atom is -0.328 e. The number of hydrogen-bond donors (Lipinski definition) is 0. The molecule has 2 rings (SSSR count). The van der Waals surface area contributed by atoms with Crippen molar-refractivity contribution in [3.8, 4) is 6.07 Å². The summed E-state index contributed by atoms with van der Waals surface area (Å²) in [6.07, 6.45) is 1.71. The van der Waals surface area contributed by atoms with Crippen molar-refractivity contribution in [3.05, 3.63) is 30.6 Å². The number of aromatic nitrogens is 2. The molecule has 2 aromatic rings. The van der Waals surface area contributed by atoms with Crippen LogP contribution in [0.3, 0.4) is 0 Å². The second kappa shape index (κ2) is 3.69. The van der Waals surface area contributed by atoms with Gasteiger partial charge in [0.25, 0.3) is 0 Å². The number of para-hydroxylation sites is 2. The molecule has 0 aliphatic carbocycles. The number of nitriles is 1. The zero-order valence-electron chi connectivity index (χ0n) is 7.39. The van der Waals surface area contributed by atoms with Gasteiger partial charge in [0.2, 0.25) is 0 Å². The molecule has 0 bridgehead atoms. The highest BCUT2D eigenvalue weighted by Gasteiger charge is 2.06. The predicted molar refractivity (Wildman–Crippen MR) is 55.0 cm³/mol. The summed E-state index contributed by atoms with van der Waals surface area (Å²) in [6, 6.07) is 9.75. The lowest BCUT2D eigenvalue weighted by molar-refractivity contribution is 0.742. The number of halogens is 1. The van der Waals surface area contributed by atoms with Gasteiger partial charge in [-0.2, -0.15) is 5.26 Å². The molecule has 0 aliphatic rings. The van der Waals surface area contributed by atoms with Crippen molar-refractivity contribution >= 4 is 22.6 Å². The van der Waals surface area contributed by atoms with Gasteiger partial charge < -0.3 is 4.57 Å². The minimum atomic E-state index is -0.507. The van der Waals surface area contributed by atoms with Crippen LogP contribution >= 0.6 is 11.6 Å². The molecule has 14 heavy (non-hydrogen) atoms. The van der Waals surface area contributed by atoms with Crippen LogP contribution in [0.1, 0.15) is 0 Å². The lowest BCUT2D eigenvalue weighted by Crippen LogP contribution is -2.06. The van der Waals surface area contributed by atoms with E-state index in [2.05, 4.69) is 4.98 Å². The third-order valence-corrected chi connectivity index (χ3v) is 2.26. The van der Waals surface area contributed by atoms with Gasteiger partial charge in [-0.25, -0.2) is 4.98 Å². The molecule has 1 unspecified atom stereocenters. The molecule has 4 heteroatoms. The third kappa shape index (κ3) is 1.57. The van der Waals surface area contributed by atoms with E-state index in [4.69, 9.17) is 16.9 Å². The van der Waals surface area contributed by atoms with Crippen molar-refractivity contribution in [3.63, 3.8) is 0 Å². The van der Waals surface area contributed by atoms with E-state index in [1.807, 2.05) is 34.9 Å². The lowest BCUT2D eigenvalue weighted by Gasteiger charge is -2.03. The number of hydrogen-bond acceptors (Lipinski definition) is 2. The molecule has 1 aromatic heterocycles. The molecule has 0 aliphatic heterocycles. The molecule has 1 atom stereocenters. The Morgan fingerprint density at radius 1 is 1.50 bits per heavy atom. The molecule has 3 nitrogen and oxygen atoms in total. The van der Waals surface area contributed by atoms with Gasteiger partial charge in [0.1, 0.15) is 5.38 Å². The molecule has 0 spiro atoms. The Morgan fingerprint density at radius 3 is 3.07 bits per heavy atom. The second-order valence-electron chi connectivity index (χ2n) is 2.98. The molecule has 0 saturated carbocycles. The fraction of sp³-hybridized carbons (Fsp3) is 0.200. The van der Waals surface area contributed by atoms with Crippen molar-refractivity contribution in [1.29, 1.82) is 5.26 Å². The summed E-state index contributed by atoms with van der Waals surface area (Å²) in [5.41, 5.74) is 1.93. The van der Waals surface area contributed by atoms with Crippen LogP contribution in [-0.2, 0) is 6.54 Å². The summed E-state index contributed by atoms with van der Waals surface area (Å²) in [6.45, 7) is 0.471. The normalized spacial score (nSPS) is 12.6. The maximum absolute atomic E-state index is 8.59. The van der Waals surface area contributed by atoms with Crippen LogP contribution in [0.25, 0.3) is 11.0 Å². The number of benzene rings is 1. The van der Waals surface area contributed by atoms with E-state index >= 15 is 0 Å². The van der Waals surface area contributed by atoms with Crippen molar-refractivity contribution in [2.75, 3.05) is 0 Å². The van der Waals surface area contributed by atoms with Crippen molar-refractivity contribution in [2.24, 2.45) is 0 Å². The smallest absolute Gasteiger partial charge is 0.138 e. The van der Waals surface area contributed by atoms with E-state index in [0.717, 1.165) is 11.0 Å². The molecular weight excluding hydrogens is 198 g/mol. The largest absolute Gasteiger partial charge is 0.328 e. The van der Waals surface area contributed by atoms with Crippen LogP contribution in [-0.4, -0.2) is 14.9 Å². The average molecular weight is 206 g/mol. The van der Waals surface area contributed by atoms with Crippen LogP contribution in [0.2, 0.25) is 0 Å². The molecule has 0 N–H and O–H groups in total. The SMILES string of the molecule is N#CC(Cl)Cn1cnc2ccccc21. The zero-order chi connectivity index (χ0) is 9.97. The molecule has 1 aromatic carbocycles. The number of rotatable bonds is 2. The van der Waals surface area contributed by atoms with Crippen molar-refractivity contribution in [2.45, 2.75) is 11.9 Å². The highest BCUT2D eigenvalue weighted by molar-refractivity contribution is 6.22. The second-order valence-corrected chi connectivity index (χ2v) is 3.51. The number of nitrogens with zero attached hydrogens (tertiary/aromatic N) is 3. The van der Waals surface area contributed by atoms with E-state index in [9.17, 15) is 0 Å². The van der Waals surface area contributed by atoms with Gasteiger partial charge in [-0.15, -0.1) is 11.6 Å². The van der Waals surface area contributed by atoms with Gasteiger partial charge >= 0.3 is 0 Å². The molecule has 0 radical (unpaired) electrons. The lowest BCUT2D eigenvalue weighted by atomic mass is 10.3. The van der Waals surface area contributed by atoms with E-state index in [1.165, 1.54) is 0 Å². The van der Waals surface area contributed by atoms with Crippen LogP contribution in [0, 0.1) is 11.3 Å². The molecule has 70 valence electrons. The third-order valence-electron chi connectivity index (χ3n) is 2.02. The molecule has 0 amide bonds. The fourth-order valence-corrected chi connectivity index (χ4v) is 1.52. The molecular formula is C10H8ClN3. The first kappa shape index (κ1) is 9.04. The Morgan fingerprint density at radius 2 is 2.29 bits per heavy atom. The molecule has 0 saturated heterocycles. The molecule has 0 fully saturated rings. The highest BCUT2D eigenvalue weighted by Crippen LogP contribution is 2.13. The van der Waals surface area contributed by atoms with E-state index in [0.29, 0.717) is 6.54 Å².